The average Bonchev–Trinajstić information content (AvgIpc) is 2.53. The Morgan fingerprint density at radius 3 is 2.76 bits per heavy atom. The lowest BCUT2D eigenvalue weighted by Gasteiger charge is -2.07. The van der Waals surface area contributed by atoms with E-state index in [1.54, 1.807) is 18.0 Å². The summed E-state index contributed by atoms with van der Waals surface area (Å²) < 4.78 is 0. The molecule has 0 radical (unpaired) electrons. The van der Waals surface area contributed by atoms with Crippen LogP contribution in [0.1, 0.15) is 11.3 Å². The first-order valence-electron chi connectivity index (χ1n) is 6.59. The number of thiocarbonyl (C=S) groups is 1. The molecular weight excluding hydrogens is 296 g/mol. The summed E-state index contributed by atoms with van der Waals surface area (Å²) in [6, 6.07) is 18.8. The van der Waals surface area contributed by atoms with Gasteiger partial charge in [-0.1, -0.05) is 54.7 Å². The molecule has 0 aliphatic heterocycles. The van der Waals surface area contributed by atoms with Gasteiger partial charge in [-0.05, 0) is 28.5 Å². The summed E-state index contributed by atoms with van der Waals surface area (Å²) in [6.07, 6.45) is 1.75. The van der Waals surface area contributed by atoms with E-state index < -0.39 is 0 Å². The highest BCUT2D eigenvalue weighted by atomic mass is 32.2. The Morgan fingerprint density at radius 2 is 1.90 bits per heavy atom. The smallest absolute Gasteiger partial charge is 0.122 e. The first-order valence-corrected chi connectivity index (χ1v) is 7.99. The number of fused-ring (bicyclic) bond motifs is 1. The maximum atomic E-state index is 5.62. The summed E-state index contributed by atoms with van der Waals surface area (Å²) in [7, 11) is 0. The first kappa shape index (κ1) is 14.0. The minimum absolute atomic E-state index is 0.336. The van der Waals surface area contributed by atoms with Gasteiger partial charge in [-0.25, -0.2) is 0 Å². The van der Waals surface area contributed by atoms with E-state index in [9.17, 15) is 0 Å². The van der Waals surface area contributed by atoms with Gasteiger partial charge < -0.3 is 5.73 Å². The molecular formula is C17H14N2S2. The van der Waals surface area contributed by atoms with Crippen LogP contribution >= 0.6 is 24.0 Å². The van der Waals surface area contributed by atoms with E-state index in [1.807, 2.05) is 12.1 Å². The van der Waals surface area contributed by atoms with Crippen molar-refractivity contribution in [2.45, 2.75) is 10.6 Å². The number of benzene rings is 2. The lowest BCUT2D eigenvalue weighted by atomic mass is 10.1. The Balaban J connectivity index is 1.84. The SMILES string of the molecule is NC(=S)c1cc(SCc2cccc3ccccc23)ccn1. The molecule has 2 aromatic carbocycles. The van der Waals surface area contributed by atoms with E-state index in [0.29, 0.717) is 10.7 Å². The second-order valence-electron chi connectivity index (χ2n) is 4.67. The van der Waals surface area contributed by atoms with Gasteiger partial charge in [-0.3, -0.25) is 4.98 Å². The largest absolute Gasteiger partial charge is 0.388 e. The quantitative estimate of drug-likeness (QED) is 0.580. The third-order valence-corrected chi connectivity index (χ3v) is 4.51. The normalized spacial score (nSPS) is 10.7. The van der Waals surface area contributed by atoms with Crippen LogP contribution in [0.5, 0.6) is 0 Å². The van der Waals surface area contributed by atoms with Crippen molar-refractivity contribution < 1.29 is 0 Å². The van der Waals surface area contributed by atoms with Crippen molar-refractivity contribution >= 4 is 39.7 Å². The van der Waals surface area contributed by atoms with Gasteiger partial charge in [0.1, 0.15) is 4.99 Å². The maximum Gasteiger partial charge on any atom is 0.122 e. The molecule has 0 atom stereocenters. The predicted molar refractivity (Wildman–Crippen MR) is 93.6 cm³/mol. The monoisotopic (exact) mass is 310 g/mol. The molecule has 0 fully saturated rings. The van der Waals surface area contributed by atoms with Crippen LogP contribution in [0.4, 0.5) is 0 Å². The van der Waals surface area contributed by atoms with Crippen LogP contribution in [0, 0.1) is 0 Å². The summed E-state index contributed by atoms with van der Waals surface area (Å²) in [5, 5.41) is 2.57. The van der Waals surface area contributed by atoms with E-state index in [4.69, 9.17) is 18.0 Å². The number of hydrogen-bond donors (Lipinski definition) is 1. The zero-order valence-electron chi connectivity index (χ0n) is 11.3. The third kappa shape index (κ3) is 3.23. The second kappa shape index (κ2) is 6.24. The van der Waals surface area contributed by atoms with Crippen molar-refractivity contribution in [3.63, 3.8) is 0 Å². The van der Waals surface area contributed by atoms with Crippen LogP contribution in [0.25, 0.3) is 10.8 Å². The zero-order valence-corrected chi connectivity index (χ0v) is 13.0. The number of thioether (sulfide) groups is 1. The summed E-state index contributed by atoms with van der Waals surface area (Å²) in [5.41, 5.74) is 7.62. The fourth-order valence-corrected chi connectivity index (χ4v) is 3.25. The van der Waals surface area contributed by atoms with Crippen molar-refractivity contribution in [1.29, 1.82) is 0 Å². The molecule has 3 aromatic rings. The Morgan fingerprint density at radius 1 is 1.10 bits per heavy atom. The van der Waals surface area contributed by atoms with Gasteiger partial charge in [0.2, 0.25) is 0 Å². The van der Waals surface area contributed by atoms with Crippen LogP contribution < -0.4 is 5.73 Å². The van der Waals surface area contributed by atoms with E-state index in [0.717, 1.165) is 10.6 Å². The van der Waals surface area contributed by atoms with Gasteiger partial charge in [0.05, 0.1) is 5.69 Å². The summed E-state index contributed by atoms with van der Waals surface area (Å²) >= 11 is 6.73. The highest BCUT2D eigenvalue weighted by molar-refractivity contribution is 7.98. The maximum absolute atomic E-state index is 5.62. The number of aromatic nitrogens is 1. The van der Waals surface area contributed by atoms with Crippen LogP contribution in [-0.2, 0) is 5.75 Å². The van der Waals surface area contributed by atoms with E-state index in [-0.39, 0.29) is 0 Å². The lowest BCUT2D eigenvalue weighted by molar-refractivity contribution is 1.23. The standard InChI is InChI=1S/C17H14N2S2/c18-17(20)16-10-14(8-9-19-16)21-11-13-6-3-5-12-4-1-2-7-15(12)13/h1-10H,11H2,(H2,18,20). The molecule has 0 saturated carbocycles. The van der Waals surface area contributed by atoms with Crippen LogP contribution in [0.3, 0.4) is 0 Å². The topological polar surface area (TPSA) is 38.9 Å². The molecule has 0 bridgehead atoms. The molecule has 2 N–H and O–H groups in total. The van der Waals surface area contributed by atoms with E-state index in [1.165, 1.54) is 16.3 Å². The number of pyridine rings is 1. The van der Waals surface area contributed by atoms with Gasteiger partial charge in [0.25, 0.3) is 0 Å². The van der Waals surface area contributed by atoms with Gasteiger partial charge in [0.15, 0.2) is 0 Å². The van der Waals surface area contributed by atoms with Crippen molar-refractivity contribution in [1.82, 2.24) is 4.98 Å². The van der Waals surface area contributed by atoms with Crippen molar-refractivity contribution in [2.24, 2.45) is 5.73 Å². The Labute approximate surface area is 133 Å². The Kier molecular flexibility index (Phi) is 4.18. The van der Waals surface area contributed by atoms with Crippen molar-refractivity contribution in [2.75, 3.05) is 0 Å². The molecule has 0 spiro atoms. The number of rotatable bonds is 4. The van der Waals surface area contributed by atoms with Gasteiger partial charge in [-0.2, -0.15) is 0 Å². The lowest BCUT2D eigenvalue weighted by Crippen LogP contribution is -2.11. The molecule has 0 aliphatic rings. The summed E-state index contributed by atoms with van der Waals surface area (Å²) in [6.45, 7) is 0. The number of nitrogens with zero attached hydrogens (tertiary/aromatic N) is 1. The van der Waals surface area contributed by atoms with Crippen LogP contribution in [0.15, 0.2) is 65.7 Å². The first-order chi connectivity index (χ1) is 10.2. The fourth-order valence-electron chi connectivity index (χ4n) is 2.22. The highest BCUT2D eigenvalue weighted by Crippen LogP contribution is 2.27. The molecule has 2 nitrogen and oxygen atoms in total. The fraction of sp³-hybridized carbons (Fsp3) is 0.0588. The highest BCUT2D eigenvalue weighted by Gasteiger charge is 2.04. The second-order valence-corrected chi connectivity index (χ2v) is 6.16. The molecule has 4 heteroatoms. The molecule has 3 rings (SSSR count). The van der Waals surface area contributed by atoms with Gasteiger partial charge in [-0.15, -0.1) is 11.8 Å². The van der Waals surface area contributed by atoms with E-state index in [2.05, 4.69) is 47.4 Å². The van der Waals surface area contributed by atoms with Gasteiger partial charge in [0, 0.05) is 16.8 Å². The Bertz CT molecular complexity index is 794. The summed E-state index contributed by atoms with van der Waals surface area (Å²) in [4.78, 5) is 5.63. The minimum Gasteiger partial charge on any atom is -0.388 e. The summed E-state index contributed by atoms with van der Waals surface area (Å²) in [5.74, 6) is 0.905. The predicted octanol–water partition coefficient (Wildman–Crippen LogP) is 4.16. The van der Waals surface area contributed by atoms with Crippen LogP contribution in [-0.4, -0.2) is 9.97 Å². The van der Waals surface area contributed by atoms with Gasteiger partial charge >= 0.3 is 0 Å². The average molecular weight is 310 g/mol. The molecule has 0 amide bonds. The molecule has 0 aliphatic carbocycles. The Hall–Kier alpha value is -1.91. The molecule has 0 unspecified atom stereocenters. The number of hydrogen-bond acceptors (Lipinski definition) is 3. The van der Waals surface area contributed by atoms with Crippen molar-refractivity contribution in [3.8, 4) is 0 Å². The molecule has 0 saturated heterocycles. The van der Waals surface area contributed by atoms with E-state index >= 15 is 0 Å². The van der Waals surface area contributed by atoms with Crippen molar-refractivity contribution in [3.05, 3.63) is 72.1 Å². The third-order valence-electron chi connectivity index (χ3n) is 3.26. The van der Waals surface area contributed by atoms with Crippen LogP contribution in [0.2, 0.25) is 0 Å². The number of nitrogens with two attached hydrogens (primary N) is 1. The minimum atomic E-state index is 0.336. The molecule has 1 aromatic heterocycles. The molecule has 1 heterocycles. The zero-order chi connectivity index (χ0) is 14.7. The molecule has 104 valence electrons. The molecule has 21 heavy (non-hydrogen) atoms.